The van der Waals surface area contributed by atoms with Crippen molar-refractivity contribution in [3.63, 3.8) is 0 Å². The van der Waals surface area contributed by atoms with Gasteiger partial charge in [-0.1, -0.05) is 15.9 Å². The summed E-state index contributed by atoms with van der Waals surface area (Å²) in [6.45, 7) is 0. The molecule has 1 amide bonds. The molecule has 2 N–H and O–H groups in total. The summed E-state index contributed by atoms with van der Waals surface area (Å²) in [5.41, 5.74) is 2.33. The summed E-state index contributed by atoms with van der Waals surface area (Å²) >= 11 is 10.3. The zero-order valence-corrected chi connectivity index (χ0v) is 15.3. The third kappa shape index (κ3) is 3.07. The van der Waals surface area contributed by atoms with Gasteiger partial charge in [0.2, 0.25) is 0 Å². The Morgan fingerprint density at radius 3 is 2.43 bits per heavy atom. The first-order valence-electron chi connectivity index (χ1n) is 6.07. The molecular weight excluding hydrogens is 464 g/mol. The normalized spacial score (nSPS) is 10.8. The van der Waals surface area contributed by atoms with Gasteiger partial charge < -0.3 is 10.3 Å². The van der Waals surface area contributed by atoms with Gasteiger partial charge in [0, 0.05) is 36.1 Å². The highest BCUT2D eigenvalue weighted by Crippen LogP contribution is 2.34. The number of fused-ring (bicyclic) bond motifs is 1. The fraction of sp³-hybridized carbons (Fsp3) is 0. The Hall–Kier alpha value is -1.11. The number of nitrogens with one attached hydrogen (secondary N) is 2. The lowest BCUT2D eigenvalue weighted by Crippen LogP contribution is -2.12. The number of rotatable bonds is 2. The predicted octanol–water partition coefficient (Wildman–Crippen LogP) is 5.71. The molecule has 0 fully saturated rings. The minimum Gasteiger partial charge on any atom is -0.361 e. The molecule has 0 spiro atoms. The summed E-state index contributed by atoms with van der Waals surface area (Å²) in [5, 5.41) is 3.93. The molecule has 6 heteroatoms. The third-order valence-electron chi connectivity index (χ3n) is 3.06. The van der Waals surface area contributed by atoms with Crippen molar-refractivity contribution in [3.8, 4) is 0 Å². The number of hydrogen-bond acceptors (Lipinski definition) is 1. The fourth-order valence-electron chi connectivity index (χ4n) is 2.04. The van der Waals surface area contributed by atoms with Crippen LogP contribution >= 0.6 is 47.8 Å². The number of carbonyl (C=O) groups excluding carboxylic acids is 1. The average molecular weight is 473 g/mol. The van der Waals surface area contributed by atoms with Gasteiger partial charge in [0.1, 0.15) is 0 Å². The van der Waals surface area contributed by atoms with E-state index < -0.39 is 0 Å². The summed E-state index contributed by atoms with van der Waals surface area (Å²) in [4.78, 5) is 15.5. The highest BCUT2D eigenvalue weighted by atomic mass is 79.9. The molecule has 0 saturated carbocycles. The molecule has 0 aliphatic rings. The van der Waals surface area contributed by atoms with Gasteiger partial charge in [0.15, 0.2) is 0 Å². The van der Waals surface area contributed by atoms with E-state index in [0.29, 0.717) is 11.3 Å². The molecule has 3 nitrogen and oxygen atoms in total. The molecule has 0 atom stereocenters. The van der Waals surface area contributed by atoms with Crippen LogP contribution in [0.4, 0.5) is 5.69 Å². The second-order valence-corrected chi connectivity index (χ2v) is 7.10. The van der Waals surface area contributed by atoms with Crippen LogP contribution in [0.5, 0.6) is 0 Å². The Morgan fingerprint density at radius 2 is 1.71 bits per heavy atom. The largest absolute Gasteiger partial charge is 0.361 e. The van der Waals surface area contributed by atoms with Crippen LogP contribution in [0.15, 0.2) is 56.0 Å². The Bertz CT molecular complexity index is 819. The second-order valence-electron chi connectivity index (χ2n) is 4.48. The number of hydrogen-bond donors (Lipinski definition) is 2. The van der Waals surface area contributed by atoms with E-state index in [9.17, 15) is 4.79 Å². The van der Waals surface area contributed by atoms with Gasteiger partial charge in [-0.25, -0.2) is 0 Å². The number of halogens is 3. The molecule has 0 bridgehead atoms. The molecule has 2 aromatic carbocycles. The number of anilines is 1. The Balaban J connectivity index is 1.92. The molecule has 0 unspecified atom stereocenters. The lowest BCUT2D eigenvalue weighted by atomic mass is 10.1. The molecule has 3 rings (SSSR count). The molecule has 3 aromatic rings. The first-order chi connectivity index (χ1) is 10.0. The van der Waals surface area contributed by atoms with Crippen molar-refractivity contribution in [2.24, 2.45) is 0 Å². The van der Waals surface area contributed by atoms with Crippen molar-refractivity contribution in [2.75, 3.05) is 5.32 Å². The smallest absolute Gasteiger partial charge is 0.255 e. The van der Waals surface area contributed by atoms with Crippen LogP contribution < -0.4 is 5.32 Å². The van der Waals surface area contributed by atoms with Crippen molar-refractivity contribution < 1.29 is 4.79 Å². The molecule has 106 valence electrons. The maximum Gasteiger partial charge on any atom is 0.255 e. The van der Waals surface area contributed by atoms with E-state index in [-0.39, 0.29) is 5.91 Å². The monoisotopic (exact) mass is 470 g/mol. The Morgan fingerprint density at radius 1 is 1.00 bits per heavy atom. The standard InChI is InChI=1S/C15H9Br3N2O/c16-10-6-11(17)14(12(18)7-10)20-15(21)9-1-2-13-8(5-9)3-4-19-13/h1-7,19H,(H,20,21). The summed E-state index contributed by atoms with van der Waals surface area (Å²) in [6.07, 6.45) is 1.86. The lowest BCUT2D eigenvalue weighted by Gasteiger charge is -2.10. The number of aromatic nitrogens is 1. The van der Waals surface area contributed by atoms with E-state index >= 15 is 0 Å². The number of carbonyl (C=O) groups is 1. The van der Waals surface area contributed by atoms with Gasteiger partial charge in [-0.2, -0.15) is 0 Å². The van der Waals surface area contributed by atoms with E-state index in [1.807, 2.05) is 36.5 Å². The number of H-pyrrole nitrogens is 1. The van der Waals surface area contributed by atoms with E-state index in [0.717, 1.165) is 24.3 Å². The van der Waals surface area contributed by atoms with Crippen LogP contribution in [0.1, 0.15) is 10.4 Å². The molecule has 1 aromatic heterocycles. The summed E-state index contributed by atoms with van der Waals surface area (Å²) in [7, 11) is 0. The SMILES string of the molecule is O=C(Nc1c(Br)cc(Br)cc1Br)c1ccc2[nH]ccc2c1. The highest BCUT2D eigenvalue weighted by Gasteiger charge is 2.12. The van der Waals surface area contributed by atoms with E-state index in [1.54, 1.807) is 6.07 Å². The number of aromatic amines is 1. The molecule has 0 aliphatic heterocycles. The van der Waals surface area contributed by atoms with Crippen LogP contribution in [-0.2, 0) is 0 Å². The van der Waals surface area contributed by atoms with E-state index in [1.165, 1.54) is 0 Å². The van der Waals surface area contributed by atoms with Gasteiger partial charge in [-0.05, 0) is 68.3 Å². The van der Waals surface area contributed by atoms with Crippen molar-refractivity contribution >= 4 is 70.3 Å². The molecule has 0 aliphatic carbocycles. The third-order valence-corrected chi connectivity index (χ3v) is 4.77. The summed E-state index contributed by atoms with van der Waals surface area (Å²) in [5.74, 6) is -0.151. The van der Waals surface area contributed by atoms with Crippen molar-refractivity contribution in [3.05, 3.63) is 61.6 Å². The molecule has 1 heterocycles. The maximum atomic E-state index is 12.4. The average Bonchev–Trinajstić information content (AvgIpc) is 2.89. The molecule has 0 saturated heterocycles. The topological polar surface area (TPSA) is 44.9 Å². The van der Waals surface area contributed by atoms with Gasteiger partial charge >= 0.3 is 0 Å². The van der Waals surface area contributed by atoms with E-state index in [2.05, 4.69) is 58.1 Å². The van der Waals surface area contributed by atoms with Crippen LogP contribution in [0.2, 0.25) is 0 Å². The fourth-order valence-corrected chi connectivity index (χ4v) is 4.50. The Labute approximate surface area is 146 Å². The van der Waals surface area contributed by atoms with Gasteiger partial charge in [0.25, 0.3) is 5.91 Å². The maximum absolute atomic E-state index is 12.4. The van der Waals surface area contributed by atoms with Crippen molar-refractivity contribution in [1.29, 1.82) is 0 Å². The zero-order chi connectivity index (χ0) is 15.0. The van der Waals surface area contributed by atoms with Gasteiger partial charge in [0.05, 0.1) is 5.69 Å². The molecular formula is C15H9Br3N2O. The van der Waals surface area contributed by atoms with Crippen LogP contribution in [0, 0.1) is 0 Å². The van der Waals surface area contributed by atoms with E-state index in [4.69, 9.17) is 0 Å². The first kappa shape index (κ1) is 14.8. The zero-order valence-electron chi connectivity index (χ0n) is 10.6. The molecule has 21 heavy (non-hydrogen) atoms. The predicted molar refractivity (Wildman–Crippen MR) is 95.8 cm³/mol. The van der Waals surface area contributed by atoms with Crippen LogP contribution in [0.3, 0.4) is 0 Å². The van der Waals surface area contributed by atoms with Gasteiger partial charge in [-0.15, -0.1) is 0 Å². The Kier molecular flexibility index (Phi) is 4.19. The second kappa shape index (κ2) is 5.94. The number of amides is 1. The summed E-state index contributed by atoms with van der Waals surface area (Å²) in [6, 6.07) is 11.3. The van der Waals surface area contributed by atoms with Gasteiger partial charge in [-0.3, -0.25) is 4.79 Å². The van der Waals surface area contributed by atoms with Crippen LogP contribution in [0.25, 0.3) is 10.9 Å². The van der Waals surface area contributed by atoms with Crippen LogP contribution in [-0.4, -0.2) is 10.9 Å². The highest BCUT2D eigenvalue weighted by molar-refractivity contribution is 9.11. The van der Waals surface area contributed by atoms with Crippen molar-refractivity contribution in [1.82, 2.24) is 4.98 Å². The molecule has 0 radical (unpaired) electrons. The lowest BCUT2D eigenvalue weighted by molar-refractivity contribution is 0.102. The van der Waals surface area contributed by atoms with Crippen molar-refractivity contribution in [2.45, 2.75) is 0 Å². The minimum absolute atomic E-state index is 0.151. The number of benzene rings is 2. The first-order valence-corrected chi connectivity index (χ1v) is 8.45. The summed E-state index contributed by atoms with van der Waals surface area (Å²) < 4.78 is 2.53. The minimum atomic E-state index is -0.151. The quantitative estimate of drug-likeness (QED) is 0.493.